The molecule has 16 heavy (non-hydrogen) atoms. The van der Waals surface area contributed by atoms with Gasteiger partial charge in [0.25, 0.3) is 0 Å². The van der Waals surface area contributed by atoms with Crippen molar-refractivity contribution >= 4 is 22.9 Å². The number of anilines is 1. The largest absolute Gasteiger partial charge is 0.323 e. The summed E-state index contributed by atoms with van der Waals surface area (Å²) in [4.78, 5) is 15.8. The fraction of sp³-hybridized carbons (Fsp3) is 0.300. The Morgan fingerprint density at radius 3 is 3.12 bits per heavy atom. The predicted octanol–water partition coefficient (Wildman–Crippen LogP) is 1.88. The summed E-state index contributed by atoms with van der Waals surface area (Å²) in [7, 11) is 0. The highest BCUT2D eigenvalue weighted by Crippen LogP contribution is 2.32. The molecule has 0 aliphatic heterocycles. The standard InChI is InChI=1S/C10H10N4OS/c15-9(6-1-2-6)13-7-5-12-14-8(7)10-11-3-4-16-10/h3-6H,1-2H2,(H,12,14)(H,13,15). The average molecular weight is 234 g/mol. The van der Waals surface area contributed by atoms with Gasteiger partial charge in [-0.05, 0) is 12.8 Å². The molecule has 0 bridgehead atoms. The second kappa shape index (κ2) is 3.71. The van der Waals surface area contributed by atoms with E-state index < -0.39 is 0 Å². The van der Waals surface area contributed by atoms with E-state index in [-0.39, 0.29) is 11.8 Å². The van der Waals surface area contributed by atoms with E-state index in [0.717, 1.165) is 23.5 Å². The summed E-state index contributed by atoms with van der Waals surface area (Å²) in [5.41, 5.74) is 1.50. The highest BCUT2D eigenvalue weighted by Gasteiger charge is 2.30. The maximum atomic E-state index is 11.6. The van der Waals surface area contributed by atoms with E-state index in [1.165, 1.54) is 11.3 Å². The van der Waals surface area contributed by atoms with Gasteiger partial charge in [0.1, 0.15) is 10.7 Å². The molecule has 2 aromatic heterocycles. The number of hydrogen-bond donors (Lipinski definition) is 2. The molecule has 2 heterocycles. The van der Waals surface area contributed by atoms with Crippen LogP contribution in [0.4, 0.5) is 5.69 Å². The molecule has 0 atom stereocenters. The minimum atomic E-state index is 0.0826. The number of aromatic nitrogens is 3. The molecular weight excluding hydrogens is 224 g/mol. The van der Waals surface area contributed by atoms with Gasteiger partial charge in [0.15, 0.2) is 0 Å². The number of H-pyrrole nitrogens is 1. The molecule has 1 saturated carbocycles. The smallest absolute Gasteiger partial charge is 0.227 e. The first-order valence-corrected chi connectivity index (χ1v) is 5.96. The number of aromatic amines is 1. The van der Waals surface area contributed by atoms with E-state index in [0.29, 0.717) is 5.69 Å². The van der Waals surface area contributed by atoms with Crippen molar-refractivity contribution < 1.29 is 4.79 Å². The van der Waals surface area contributed by atoms with Crippen molar-refractivity contribution in [1.29, 1.82) is 0 Å². The molecule has 0 radical (unpaired) electrons. The van der Waals surface area contributed by atoms with Crippen LogP contribution in [-0.4, -0.2) is 21.1 Å². The summed E-state index contributed by atoms with van der Waals surface area (Å²) in [6.45, 7) is 0. The molecule has 5 nitrogen and oxygen atoms in total. The first-order valence-electron chi connectivity index (χ1n) is 5.08. The van der Waals surface area contributed by atoms with Crippen LogP contribution in [0.3, 0.4) is 0 Å². The summed E-state index contributed by atoms with van der Waals surface area (Å²) in [5, 5.41) is 12.4. The van der Waals surface area contributed by atoms with Crippen molar-refractivity contribution in [2.24, 2.45) is 5.92 Å². The highest BCUT2D eigenvalue weighted by molar-refractivity contribution is 7.13. The van der Waals surface area contributed by atoms with Gasteiger partial charge in [-0.25, -0.2) is 4.98 Å². The molecule has 3 rings (SSSR count). The van der Waals surface area contributed by atoms with Gasteiger partial charge in [-0.3, -0.25) is 9.89 Å². The number of thiazole rings is 1. The van der Waals surface area contributed by atoms with Crippen molar-refractivity contribution in [1.82, 2.24) is 15.2 Å². The van der Waals surface area contributed by atoms with Crippen molar-refractivity contribution in [3.63, 3.8) is 0 Å². The topological polar surface area (TPSA) is 70.7 Å². The molecule has 1 aliphatic rings. The van der Waals surface area contributed by atoms with Crippen LogP contribution < -0.4 is 5.32 Å². The number of hydrogen-bond acceptors (Lipinski definition) is 4. The lowest BCUT2D eigenvalue weighted by molar-refractivity contribution is -0.117. The van der Waals surface area contributed by atoms with E-state index in [4.69, 9.17) is 0 Å². The zero-order valence-electron chi connectivity index (χ0n) is 8.43. The van der Waals surface area contributed by atoms with E-state index in [1.807, 2.05) is 5.38 Å². The summed E-state index contributed by atoms with van der Waals surface area (Å²) in [6.07, 6.45) is 5.34. The van der Waals surface area contributed by atoms with E-state index in [1.54, 1.807) is 12.4 Å². The molecule has 1 aliphatic carbocycles. The molecule has 0 unspecified atom stereocenters. The summed E-state index contributed by atoms with van der Waals surface area (Å²) >= 11 is 1.51. The van der Waals surface area contributed by atoms with E-state index in [2.05, 4.69) is 20.5 Å². The average Bonchev–Trinajstić information content (AvgIpc) is 2.81. The van der Waals surface area contributed by atoms with E-state index >= 15 is 0 Å². The maximum absolute atomic E-state index is 11.6. The quantitative estimate of drug-likeness (QED) is 0.851. The third-order valence-electron chi connectivity index (χ3n) is 2.49. The van der Waals surface area contributed by atoms with Gasteiger partial charge in [0, 0.05) is 17.5 Å². The lowest BCUT2D eigenvalue weighted by Crippen LogP contribution is -2.13. The van der Waals surface area contributed by atoms with Crippen molar-refractivity contribution in [3.8, 4) is 10.7 Å². The molecule has 1 amide bonds. The minimum Gasteiger partial charge on any atom is -0.323 e. The van der Waals surface area contributed by atoms with Gasteiger partial charge in [-0.2, -0.15) is 5.10 Å². The lowest BCUT2D eigenvalue weighted by atomic mass is 10.3. The summed E-state index contributed by atoms with van der Waals surface area (Å²) in [6, 6.07) is 0. The molecule has 82 valence electrons. The summed E-state index contributed by atoms with van der Waals surface area (Å²) < 4.78 is 0. The van der Waals surface area contributed by atoms with Gasteiger partial charge in [-0.15, -0.1) is 11.3 Å². The number of amides is 1. The molecule has 1 fully saturated rings. The van der Waals surface area contributed by atoms with Crippen LogP contribution in [0.25, 0.3) is 10.7 Å². The van der Waals surface area contributed by atoms with Crippen molar-refractivity contribution in [2.75, 3.05) is 5.32 Å². The van der Waals surface area contributed by atoms with Crippen LogP contribution in [0.2, 0.25) is 0 Å². The molecule has 6 heteroatoms. The van der Waals surface area contributed by atoms with Crippen LogP contribution in [0, 0.1) is 5.92 Å². The van der Waals surface area contributed by atoms with Crippen molar-refractivity contribution in [2.45, 2.75) is 12.8 Å². The minimum absolute atomic E-state index is 0.0826. The zero-order valence-corrected chi connectivity index (χ0v) is 9.25. The number of nitrogens with one attached hydrogen (secondary N) is 2. The maximum Gasteiger partial charge on any atom is 0.227 e. The third-order valence-corrected chi connectivity index (χ3v) is 3.28. The second-order valence-corrected chi connectivity index (χ2v) is 4.65. The Bertz CT molecular complexity index is 501. The number of nitrogens with zero attached hydrogens (tertiary/aromatic N) is 2. The third kappa shape index (κ3) is 1.71. The Morgan fingerprint density at radius 2 is 2.44 bits per heavy atom. The predicted molar refractivity (Wildman–Crippen MR) is 61.0 cm³/mol. The van der Waals surface area contributed by atoms with E-state index in [9.17, 15) is 4.79 Å². The SMILES string of the molecule is O=C(Nc1cn[nH]c1-c1nccs1)C1CC1. The molecule has 0 aromatic carbocycles. The number of carbonyl (C=O) groups is 1. The van der Waals surface area contributed by atoms with Crippen LogP contribution in [0.5, 0.6) is 0 Å². The monoisotopic (exact) mass is 234 g/mol. The fourth-order valence-electron chi connectivity index (χ4n) is 1.47. The molecule has 2 N–H and O–H groups in total. The Morgan fingerprint density at radius 1 is 1.56 bits per heavy atom. The molecule has 0 saturated heterocycles. The van der Waals surface area contributed by atoms with Gasteiger partial charge >= 0.3 is 0 Å². The van der Waals surface area contributed by atoms with Crippen LogP contribution in [-0.2, 0) is 4.79 Å². The molecule has 0 spiro atoms. The number of carbonyl (C=O) groups excluding carboxylic acids is 1. The Balaban J connectivity index is 1.84. The normalized spacial score (nSPS) is 15.0. The Kier molecular flexibility index (Phi) is 2.21. The fourth-order valence-corrected chi connectivity index (χ4v) is 2.12. The van der Waals surface area contributed by atoms with Gasteiger partial charge in [0.05, 0.1) is 11.9 Å². The van der Waals surface area contributed by atoms with Crippen LogP contribution >= 0.6 is 11.3 Å². The first kappa shape index (κ1) is 9.53. The number of rotatable bonds is 3. The van der Waals surface area contributed by atoms with Crippen LogP contribution in [0.15, 0.2) is 17.8 Å². The lowest BCUT2D eigenvalue weighted by Gasteiger charge is -2.02. The first-order chi connectivity index (χ1) is 7.84. The van der Waals surface area contributed by atoms with Gasteiger partial charge < -0.3 is 5.32 Å². The van der Waals surface area contributed by atoms with Crippen molar-refractivity contribution in [3.05, 3.63) is 17.8 Å². The van der Waals surface area contributed by atoms with Crippen LogP contribution in [0.1, 0.15) is 12.8 Å². The Labute approximate surface area is 95.9 Å². The van der Waals surface area contributed by atoms with Gasteiger partial charge in [0.2, 0.25) is 5.91 Å². The zero-order chi connectivity index (χ0) is 11.0. The summed E-state index contributed by atoms with van der Waals surface area (Å²) in [5.74, 6) is 0.276. The molecular formula is C10H10N4OS. The van der Waals surface area contributed by atoms with Gasteiger partial charge in [-0.1, -0.05) is 0 Å². The Hall–Kier alpha value is -1.69. The molecule has 2 aromatic rings. The highest BCUT2D eigenvalue weighted by atomic mass is 32.1. The second-order valence-electron chi connectivity index (χ2n) is 3.76.